The van der Waals surface area contributed by atoms with Crippen molar-refractivity contribution in [3.05, 3.63) is 23.8 Å². The van der Waals surface area contributed by atoms with Crippen molar-refractivity contribution in [1.82, 2.24) is 0 Å². The molecule has 0 aromatic carbocycles. The molecule has 1 aliphatic carbocycles. The fraction of sp³-hybridized carbons (Fsp3) is 0.333. The predicted molar refractivity (Wildman–Crippen MR) is 49.7 cm³/mol. The van der Waals surface area contributed by atoms with Crippen LogP contribution in [0.4, 0.5) is 0 Å². The number of allylic oxidation sites excluding steroid dienone is 4. The van der Waals surface area contributed by atoms with Gasteiger partial charge in [-0.05, 0) is 24.6 Å². The van der Waals surface area contributed by atoms with Crippen LogP contribution in [-0.2, 0) is 0 Å². The molecule has 0 unspecified atom stereocenters. The van der Waals surface area contributed by atoms with Crippen LogP contribution in [0.2, 0.25) is 0 Å². The molecule has 2 nitrogen and oxygen atoms in total. The largest absolute Gasteiger partial charge is 0.299 e. The standard InChI is InChI=1S/C7H8N2.C2H6/c1-5-2-3-6(8)7(9)4-5;1-2/h2-4,8-9H,1H3;1-2H3. The number of nitrogens with one attached hydrogen (secondary N) is 2. The Hall–Kier alpha value is -1.18. The van der Waals surface area contributed by atoms with Crippen LogP contribution in [0.5, 0.6) is 0 Å². The van der Waals surface area contributed by atoms with Gasteiger partial charge < -0.3 is 0 Å². The van der Waals surface area contributed by atoms with Gasteiger partial charge >= 0.3 is 0 Å². The van der Waals surface area contributed by atoms with E-state index in [0.29, 0.717) is 11.4 Å². The molecular weight excluding hydrogens is 136 g/mol. The van der Waals surface area contributed by atoms with Crippen molar-refractivity contribution in [3.63, 3.8) is 0 Å². The van der Waals surface area contributed by atoms with Crippen molar-refractivity contribution in [1.29, 1.82) is 10.8 Å². The van der Waals surface area contributed by atoms with Crippen LogP contribution in [0.3, 0.4) is 0 Å². The van der Waals surface area contributed by atoms with E-state index in [-0.39, 0.29) is 0 Å². The molecule has 0 bridgehead atoms. The molecule has 11 heavy (non-hydrogen) atoms. The summed E-state index contributed by atoms with van der Waals surface area (Å²) in [4.78, 5) is 0. The van der Waals surface area contributed by atoms with E-state index in [2.05, 4.69) is 0 Å². The van der Waals surface area contributed by atoms with E-state index in [9.17, 15) is 0 Å². The fourth-order valence-corrected chi connectivity index (χ4v) is 0.658. The molecule has 0 atom stereocenters. The maximum atomic E-state index is 7.17. The minimum absolute atomic E-state index is 0.292. The second kappa shape index (κ2) is 4.61. The lowest BCUT2D eigenvalue weighted by Crippen LogP contribution is -2.08. The quantitative estimate of drug-likeness (QED) is 0.499. The zero-order valence-electron chi connectivity index (χ0n) is 7.23. The van der Waals surface area contributed by atoms with Crippen LogP contribution in [0, 0.1) is 10.8 Å². The molecular formula is C9H14N2. The summed E-state index contributed by atoms with van der Waals surface area (Å²) in [6, 6.07) is 0. The minimum atomic E-state index is 0.292. The monoisotopic (exact) mass is 150 g/mol. The summed E-state index contributed by atoms with van der Waals surface area (Å²) in [5.74, 6) is 0. The van der Waals surface area contributed by atoms with Crippen LogP contribution in [-0.4, -0.2) is 11.4 Å². The highest BCUT2D eigenvalue weighted by atomic mass is 14.5. The van der Waals surface area contributed by atoms with Gasteiger partial charge in [0.15, 0.2) is 0 Å². The van der Waals surface area contributed by atoms with Gasteiger partial charge in [-0.15, -0.1) is 0 Å². The van der Waals surface area contributed by atoms with E-state index in [0.717, 1.165) is 5.57 Å². The minimum Gasteiger partial charge on any atom is -0.299 e. The molecule has 0 spiro atoms. The average Bonchev–Trinajstić information content (AvgIpc) is 2.02. The highest BCUT2D eigenvalue weighted by Crippen LogP contribution is 2.02. The van der Waals surface area contributed by atoms with Gasteiger partial charge in [-0.1, -0.05) is 19.9 Å². The lowest BCUT2D eigenvalue weighted by atomic mass is 10.1. The molecule has 0 saturated heterocycles. The van der Waals surface area contributed by atoms with Crippen molar-refractivity contribution in [3.8, 4) is 0 Å². The van der Waals surface area contributed by atoms with Crippen LogP contribution < -0.4 is 0 Å². The molecule has 0 saturated carbocycles. The lowest BCUT2D eigenvalue weighted by Gasteiger charge is -2.01. The summed E-state index contributed by atoms with van der Waals surface area (Å²) in [6.45, 7) is 5.91. The van der Waals surface area contributed by atoms with E-state index < -0.39 is 0 Å². The molecule has 0 amide bonds. The Labute approximate surface area is 67.7 Å². The molecule has 0 aromatic heterocycles. The summed E-state index contributed by atoms with van der Waals surface area (Å²) in [7, 11) is 0. The third-order valence-corrected chi connectivity index (χ3v) is 1.18. The van der Waals surface area contributed by atoms with Gasteiger partial charge in [-0.2, -0.15) is 0 Å². The van der Waals surface area contributed by atoms with Gasteiger partial charge in [-0.3, -0.25) is 10.8 Å². The maximum Gasteiger partial charge on any atom is 0.0791 e. The molecule has 1 aliphatic rings. The van der Waals surface area contributed by atoms with E-state index in [1.165, 1.54) is 0 Å². The molecule has 2 N–H and O–H groups in total. The first-order valence-electron chi connectivity index (χ1n) is 3.74. The molecule has 0 radical (unpaired) electrons. The molecule has 0 aliphatic heterocycles. The first-order chi connectivity index (χ1) is 5.20. The van der Waals surface area contributed by atoms with Gasteiger partial charge in [-0.25, -0.2) is 0 Å². The summed E-state index contributed by atoms with van der Waals surface area (Å²) in [5.41, 5.74) is 1.63. The average molecular weight is 150 g/mol. The lowest BCUT2D eigenvalue weighted by molar-refractivity contribution is 1.45. The van der Waals surface area contributed by atoms with Crippen LogP contribution >= 0.6 is 0 Å². The first kappa shape index (κ1) is 9.82. The van der Waals surface area contributed by atoms with E-state index >= 15 is 0 Å². The Balaban J connectivity index is 0.000000461. The van der Waals surface area contributed by atoms with E-state index in [4.69, 9.17) is 10.8 Å². The highest BCUT2D eigenvalue weighted by Gasteiger charge is 2.01. The van der Waals surface area contributed by atoms with Gasteiger partial charge in [0.05, 0.1) is 11.4 Å². The summed E-state index contributed by atoms with van der Waals surface area (Å²) in [5, 5.41) is 14.3. The normalized spacial score (nSPS) is 15.4. The van der Waals surface area contributed by atoms with Crippen LogP contribution in [0.1, 0.15) is 20.8 Å². The Morgan fingerprint density at radius 2 is 1.55 bits per heavy atom. The zero-order valence-corrected chi connectivity index (χ0v) is 7.23. The molecule has 1 rings (SSSR count). The van der Waals surface area contributed by atoms with Crippen molar-refractivity contribution in [2.75, 3.05) is 0 Å². The van der Waals surface area contributed by atoms with Crippen molar-refractivity contribution >= 4 is 11.4 Å². The van der Waals surface area contributed by atoms with Gasteiger partial charge in [0.1, 0.15) is 0 Å². The Kier molecular flexibility index (Phi) is 4.11. The number of rotatable bonds is 0. The smallest absolute Gasteiger partial charge is 0.0791 e. The predicted octanol–water partition coefficient (Wildman–Crippen LogP) is 2.57. The maximum absolute atomic E-state index is 7.17. The summed E-state index contributed by atoms with van der Waals surface area (Å²) in [6.07, 6.45) is 5.15. The molecule has 0 aromatic rings. The van der Waals surface area contributed by atoms with Crippen molar-refractivity contribution in [2.24, 2.45) is 0 Å². The van der Waals surface area contributed by atoms with Gasteiger partial charge in [0.25, 0.3) is 0 Å². The van der Waals surface area contributed by atoms with Gasteiger partial charge in [0, 0.05) is 0 Å². The molecule has 0 fully saturated rings. The van der Waals surface area contributed by atoms with Crippen molar-refractivity contribution < 1.29 is 0 Å². The summed E-state index contributed by atoms with van der Waals surface area (Å²) < 4.78 is 0. The van der Waals surface area contributed by atoms with E-state index in [1.807, 2.05) is 26.8 Å². The molecule has 0 heterocycles. The van der Waals surface area contributed by atoms with Gasteiger partial charge in [0.2, 0.25) is 0 Å². The highest BCUT2D eigenvalue weighted by molar-refractivity contribution is 6.49. The Bertz CT molecular complexity index is 222. The Morgan fingerprint density at radius 3 is 1.91 bits per heavy atom. The molecule has 2 heteroatoms. The van der Waals surface area contributed by atoms with Crippen molar-refractivity contribution in [2.45, 2.75) is 20.8 Å². The van der Waals surface area contributed by atoms with Crippen LogP contribution in [0.15, 0.2) is 23.8 Å². The number of hydrogen-bond acceptors (Lipinski definition) is 2. The second-order valence-corrected chi connectivity index (χ2v) is 2.05. The SMILES string of the molecule is CC.CC1=CC(=N)C(=N)C=C1. The topological polar surface area (TPSA) is 47.7 Å². The molecule has 60 valence electrons. The van der Waals surface area contributed by atoms with E-state index in [1.54, 1.807) is 12.2 Å². The second-order valence-electron chi connectivity index (χ2n) is 2.05. The summed E-state index contributed by atoms with van der Waals surface area (Å²) >= 11 is 0. The number of hydrogen-bond donors (Lipinski definition) is 2. The third kappa shape index (κ3) is 2.94. The first-order valence-corrected chi connectivity index (χ1v) is 3.74. The fourth-order valence-electron chi connectivity index (χ4n) is 0.658. The zero-order chi connectivity index (χ0) is 8.85. The Morgan fingerprint density at radius 1 is 1.00 bits per heavy atom. The third-order valence-electron chi connectivity index (χ3n) is 1.18. The van der Waals surface area contributed by atoms with Crippen LogP contribution in [0.25, 0.3) is 0 Å².